The van der Waals surface area contributed by atoms with Gasteiger partial charge in [0, 0.05) is 24.5 Å². The van der Waals surface area contributed by atoms with Crippen molar-refractivity contribution in [2.75, 3.05) is 0 Å². The Morgan fingerprint density at radius 2 is 2.12 bits per heavy atom. The lowest BCUT2D eigenvalue weighted by molar-refractivity contribution is 0.102. The van der Waals surface area contributed by atoms with E-state index in [-0.39, 0.29) is 5.78 Å². The van der Waals surface area contributed by atoms with Gasteiger partial charge in [-0.1, -0.05) is 30.3 Å². The number of ketones is 1. The van der Waals surface area contributed by atoms with Gasteiger partial charge in [0.25, 0.3) is 0 Å². The van der Waals surface area contributed by atoms with Crippen molar-refractivity contribution >= 4 is 5.78 Å². The van der Waals surface area contributed by atoms with Gasteiger partial charge < -0.3 is 4.57 Å². The summed E-state index contributed by atoms with van der Waals surface area (Å²) in [5.74, 6) is 0.264. The van der Waals surface area contributed by atoms with Gasteiger partial charge in [-0.15, -0.1) is 0 Å². The molecular formula is C13H11N3O. The molecular weight excluding hydrogens is 214 g/mol. The molecule has 0 spiro atoms. The number of benzene rings is 1. The number of aromatic nitrogens is 2. The molecule has 0 aliphatic rings. The van der Waals surface area contributed by atoms with E-state index < -0.39 is 0 Å². The molecule has 4 nitrogen and oxygen atoms in total. The van der Waals surface area contributed by atoms with Crippen molar-refractivity contribution in [1.29, 1.82) is 5.26 Å². The third-order valence-electron chi connectivity index (χ3n) is 2.42. The summed E-state index contributed by atoms with van der Waals surface area (Å²) in [6.07, 6.45) is 3.66. The Balaban J connectivity index is 2.26. The monoisotopic (exact) mass is 225 g/mol. The fourth-order valence-corrected chi connectivity index (χ4v) is 1.59. The fourth-order valence-electron chi connectivity index (χ4n) is 1.59. The van der Waals surface area contributed by atoms with Gasteiger partial charge in [0.05, 0.1) is 12.5 Å². The summed E-state index contributed by atoms with van der Waals surface area (Å²) in [6.45, 7) is 0.490. The molecule has 0 aliphatic carbocycles. The lowest BCUT2D eigenvalue weighted by atomic mass is 10.1. The summed E-state index contributed by atoms with van der Waals surface area (Å²) >= 11 is 0. The van der Waals surface area contributed by atoms with Crippen LogP contribution < -0.4 is 0 Å². The van der Waals surface area contributed by atoms with Crippen molar-refractivity contribution in [3.63, 3.8) is 0 Å². The molecule has 84 valence electrons. The van der Waals surface area contributed by atoms with Crippen LogP contribution in [0.3, 0.4) is 0 Å². The molecule has 0 aliphatic heterocycles. The van der Waals surface area contributed by atoms with Crippen molar-refractivity contribution in [2.24, 2.45) is 0 Å². The average molecular weight is 225 g/mol. The first-order chi connectivity index (χ1) is 8.33. The van der Waals surface area contributed by atoms with Crippen molar-refractivity contribution in [3.05, 3.63) is 54.1 Å². The van der Waals surface area contributed by atoms with Gasteiger partial charge >= 0.3 is 0 Å². The number of nitrogens with zero attached hydrogens (tertiary/aromatic N) is 3. The molecule has 0 saturated heterocycles. The third kappa shape index (κ3) is 2.40. The van der Waals surface area contributed by atoms with Gasteiger partial charge in [-0.2, -0.15) is 5.26 Å². The van der Waals surface area contributed by atoms with E-state index >= 15 is 0 Å². The third-order valence-corrected chi connectivity index (χ3v) is 2.42. The quantitative estimate of drug-likeness (QED) is 0.748. The highest BCUT2D eigenvalue weighted by Gasteiger charge is 2.14. The number of imidazole rings is 1. The largest absolute Gasteiger partial charge is 0.327 e. The Morgan fingerprint density at radius 3 is 2.82 bits per heavy atom. The van der Waals surface area contributed by atoms with Gasteiger partial charge in [0.2, 0.25) is 5.78 Å². The Labute approximate surface area is 99.1 Å². The Bertz CT molecular complexity index is 552. The summed E-state index contributed by atoms with van der Waals surface area (Å²) < 4.78 is 1.71. The summed E-state index contributed by atoms with van der Waals surface area (Å²) in [5, 5.41) is 8.54. The summed E-state index contributed by atoms with van der Waals surface area (Å²) in [7, 11) is 0. The molecule has 2 aromatic rings. The van der Waals surface area contributed by atoms with Crippen LogP contribution in [0.25, 0.3) is 0 Å². The van der Waals surface area contributed by atoms with Gasteiger partial charge in [0.1, 0.15) is 0 Å². The SMILES string of the molecule is N#CCCn1ccnc1C(=O)c1ccccc1. The van der Waals surface area contributed by atoms with E-state index in [1.807, 2.05) is 18.2 Å². The maximum absolute atomic E-state index is 12.1. The van der Waals surface area contributed by atoms with Crippen molar-refractivity contribution < 1.29 is 4.79 Å². The van der Waals surface area contributed by atoms with Crippen molar-refractivity contribution in [3.8, 4) is 6.07 Å². The smallest absolute Gasteiger partial charge is 0.228 e. The molecule has 4 heteroatoms. The number of carbonyl (C=O) groups excluding carboxylic acids is 1. The van der Waals surface area contributed by atoms with Crippen LogP contribution in [0.15, 0.2) is 42.7 Å². The second kappa shape index (κ2) is 5.08. The summed E-state index contributed by atoms with van der Waals surface area (Å²) in [4.78, 5) is 16.2. The molecule has 2 rings (SSSR count). The maximum Gasteiger partial charge on any atom is 0.228 e. The van der Waals surface area contributed by atoms with E-state index in [4.69, 9.17) is 5.26 Å². The number of nitriles is 1. The molecule has 0 N–H and O–H groups in total. The van der Waals surface area contributed by atoms with Gasteiger partial charge in [0.15, 0.2) is 5.82 Å². The highest BCUT2D eigenvalue weighted by Crippen LogP contribution is 2.08. The minimum absolute atomic E-state index is 0.117. The number of rotatable bonds is 4. The van der Waals surface area contributed by atoms with Crippen LogP contribution in [0.4, 0.5) is 0 Å². The summed E-state index contributed by atoms with van der Waals surface area (Å²) in [6, 6.07) is 11.1. The molecule has 0 fully saturated rings. The van der Waals surface area contributed by atoms with Gasteiger partial charge in [-0.05, 0) is 0 Å². The van der Waals surface area contributed by atoms with E-state index in [1.165, 1.54) is 0 Å². The molecule has 0 bridgehead atoms. The summed E-state index contributed by atoms with van der Waals surface area (Å²) in [5.41, 5.74) is 0.608. The minimum Gasteiger partial charge on any atom is -0.327 e. The van der Waals surface area contributed by atoms with E-state index in [0.29, 0.717) is 24.4 Å². The normalized spacial score (nSPS) is 9.82. The highest BCUT2D eigenvalue weighted by molar-refractivity contribution is 6.06. The van der Waals surface area contributed by atoms with Crippen LogP contribution >= 0.6 is 0 Å². The fraction of sp³-hybridized carbons (Fsp3) is 0.154. The van der Waals surface area contributed by atoms with Gasteiger partial charge in [-0.3, -0.25) is 4.79 Å². The lowest BCUT2D eigenvalue weighted by Crippen LogP contribution is -2.11. The standard InChI is InChI=1S/C13H11N3O/c14-7-4-9-16-10-8-15-13(16)12(17)11-5-2-1-3-6-11/h1-3,5-6,8,10H,4,9H2. The molecule has 0 radical (unpaired) electrons. The van der Waals surface area contributed by atoms with E-state index in [9.17, 15) is 4.79 Å². The molecule has 0 amide bonds. The topological polar surface area (TPSA) is 58.7 Å². The van der Waals surface area contributed by atoms with Crippen LogP contribution in [0, 0.1) is 11.3 Å². The van der Waals surface area contributed by atoms with E-state index in [2.05, 4.69) is 11.1 Å². The van der Waals surface area contributed by atoms with Crippen LogP contribution in [0.5, 0.6) is 0 Å². The predicted molar refractivity (Wildman–Crippen MR) is 62.3 cm³/mol. The molecule has 17 heavy (non-hydrogen) atoms. The highest BCUT2D eigenvalue weighted by atomic mass is 16.1. The maximum atomic E-state index is 12.1. The second-order valence-corrected chi connectivity index (χ2v) is 3.55. The zero-order valence-corrected chi connectivity index (χ0v) is 9.21. The molecule has 1 aromatic heterocycles. The van der Waals surface area contributed by atoms with Crippen LogP contribution in [-0.2, 0) is 6.54 Å². The van der Waals surface area contributed by atoms with Crippen molar-refractivity contribution in [1.82, 2.24) is 9.55 Å². The van der Waals surface area contributed by atoms with Crippen LogP contribution in [0.2, 0.25) is 0 Å². The lowest BCUT2D eigenvalue weighted by Gasteiger charge is -2.04. The Hall–Kier alpha value is -2.41. The van der Waals surface area contributed by atoms with E-state index in [0.717, 1.165) is 0 Å². The van der Waals surface area contributed by atoms with Crippen LogP contribution in [0.1, 0.15) is 22.6 Å². The number of carbonyl (C=O) groups is 1. The molecule has 0 atom stereocenters. The first-order valence-electron chi connectivity index (χ1n) is 5.31. The minimum atomic E-state index is -0.117. The first-order valence-corrected chi connectivity index (χ1v) is 5.31. The number of hydrogen-bond acceptors (Lipinski definition) is 3. The second-order valence-electron chi connectivity index (χ2n) is 3.55. The zero-order chi connectivity index (χ0) is 12.1. The van der Waals surface area contributed by atoms with Crippen LogP contribution in [-0.4, -0.2) is 15.3 Å². The molecule has 0 unspecified atom stereocenters. The Morgan fingerprint density at radius 1 is 1.35 bits per heavy atom. The molecule has 1 aromatic carbocycles. The predicted octanol–water partition coefficient (Wildman–Crippen LogP) is 2.03. The van der Waals surface area contributed by atoms with Gasteiger partial charge in [-0.25, -0.2) is 4.98 Å². The number of aryl methyl sites for hydroxylation is 1. The first kappa shape index (κ1) is 11.1. The number of hydrogen-bond donors (Lipinski definition) is 0. The molecule has 0 saturated carbocycles. The Kier molecular flexibility index (Phi) is 3.31. The molecule has 1 heterocycles. The average Bonchev–Trinajstić information content (AvgIpc) is 2.84. The zero-order valence-electron chi connectivity index (χ0n) is 9.21. The van der Waals surface area contributed by atoms with Crippen molar-refractivity contribution in [2.45, 2.75) is 13.0 Å². The van der Waals surface area contributed by atoms with E-state index in [1.54, 1.807) is 29.1 Å².